The van der Waals surface area contributed by atoms with E-state index in [0.717, 1.165) is 5.56 Å². The molecule has 2 heterocycles. The molecule has 1 N–H and O–H groups in total. The van der Waals surface area contributed by atoms with Crippen LogP contribution in [0.4, 0.5) is 5.69 Å². The maximum Gasteiger partial charge on any atom is 0.265 e. The first kappa shape index (κ1) is 22.1. The van der Waals surface area contributed by atoms with Gasteiger partial charge in [-0.15, -0.1) is 0 Å². The van der Waals surface area contributed by atoms with E-state index in [2.05, 4.69) is 10.3 Å². The second-order valence-electron chi connectivity index (χ2n) is 7.60. The number of nitrogens with one attached hydrogen (secondary N) is 1. The Kier molecular flexibility index (Phi) is 6.69. The van der Waals surface area contributed by atoms with Gasteiger partial charge in [-0.2, -0.15) is 0 Å². The van der Waals surface area contributed by atoms with Crippen molar-refractivity contribution in [2.24, 2.45) is 0 Å². The fraction of sp³-hybridized carbons (Fsp3) is 0.192. The number of hydrogen-bond acceptors (Lipinski definition) is 5. The van der Waals surface area contributed by atoms with E-state index in [9.17, 15) is 9.59 Å². The third-order valence-electron chi connectivity index (χ3n) is 5.13. The Morgan fingerprint density at radius 1 is 1.03 bits per heavy atom. The van der Waals surface area contributed by atoms with Gasteiger partial charge in [0.15, 0.2) is 6.10 Å². The smallest absolute Gasteiger partial charge is 0.265 e. The number of aryl methyl sites for hydroxylation is 1. The van der Waals surface area contributed by atoms with Gasteiger partial charge in [-0.05, 0) is 61.4 Å². The Balaban J connectivity index is 1.37. The van der Waals surface area contributed by atoms with Crippen molar-refractivity contribution in [2.75, 3.05) is 5.32 Å². The van der Waals surface area contributed by atoms with Gasteiger partial charge in [-0.3, -0.25) is 14.0 Å². The van der Waals surface area contributed by atoms with Gasteiger partial charge in [0.05, 0.1) is 5.69 Å². The highest BCUT2D eigenvalue weighted by Crippen LogP contribution is 2.19. The lowest BCUT2D eigenvalue weighted by Crippen LogP contribution is -2.32. The van der Waals surface area contributed by atoms with Crippen LogP contribution in [0.25, 0.3) is 5.65 Å². The first-order chi connectivity index (χ1) is 16.0. The molecule has 0 bridgehead atoms. The minimum Gasteiger partial charge on any atom is -0.487 e. The summed E-state index contributed by atoms with van der Waals surface area (Å²) in [7, 11) is 0. The van der Waals surface area contributed by atoms with Gasteiger partial charge in [-0.1, -0.05) is 31.2 Å². The number of para-hydroxylation sites is 1. The number of hydrogen-bond donors (Lipinski definition) is 1. The molecule has 1 amide bonds. The summed E-state index contributed by atoms with van der Waals surface area (Å²) >= 11 is 0. The molecule has 168 valence electrons. The minimum absolute atomic E-state index is 0.149. The average Bonchev–Trinajstić information content (AvgIpc) is 2.83. The maximum atomic E-state index is 12.6. The van der Waals surface area contributed by atoms with Gasteiger partial charge >= 0.3 is 0 Å². The third kappa shape index (κ3) is 5.38. The van der Waals surface area contributed by atoms with Crippen LogP contribution < -0.4 is 20.3 Å². The van der Waals surface area contributed by atoms with Gasteiger partial charge in [0.2, 0.25) is 0 Å². The molecule has 0 saturated heterocycles. The molecule has 33 heavy (non-hydrogen) atoms. The van der Waals surface area contributed by atoms with Gasteiger partial charge in [-0.25, -0.2) is 4.98 Å². The lowest BCUT2D eigenvalue weighted by molar-refractivity contribution is -0.122. The number of amides is 1. The summed E-state index contributed by atoms with van der Waals surface area (Å²) in [5.74, 6) is 1.04. The Labute approximate surface area is 191 Å². The molecular formula is C26H25N3O4. The summed E-state index contributed by atoms with van der Waals surface area (Å²) in [5.41, 5.74) is 2.57. The quantitative estimate of drug-likeness (QED) is 0.437. The van der Waals surface area contributed by atoms with Crippen molar-refractivity contribution in [1.82, 2.24) is 9.38 Å². The van der Waals surface area contributed by atoms with E-state index in [1.54, 1.807) is 30.5 Å². The highest BCUT2D eigenvalue weighted by molar-refractivity contribution is 5.94. The largest absolute Gasteiger partial charge is 0.487 e. The van der Waals surface area contributed by atoms with Crippen molar-refractivity contribution in [3.05, 3.63) is 101 Å². The number of fused-ring (bicyclic) bond motifs is 1. The molecule has 4 rings (SSSR count). The Morgan fingerprint density at radius 2 is 1.79 bits per heavy atom. The molecule has 0 radical (unpaired) electrons. The molecule has 0 aliphatic carbocycles. The van der Waals surface area contributed by atoms with Gasteiger partial charge < -0.3 is 14.8 Å². The number of carbonyl (C=O) groups excluding carboxylic acids is 1. The topological polar surface area (TPSA) is 81.9 Å². The monoisotopic (exact) mass is 443 g/mol. The van der Waals surface area contributed by atoms with Crippen LogP contribution in [0.5, 0.6) is 11.5 Å². The average molecular weight is 444 g/mol. The number of pyridine rings is 1. The predicted molar refractivity (Wildman–Crippen MR) is 127 cm³/mol. The fourth-order valence-electron chi connectivity index (χ4n) is 3.38. The van der Waals surface area contributed by atoms with Crippen LogP contribution in [0, 0.1) is 6.92 Å². The Hall–Kier alpha value is -4.13. The zero-order chi connectivity index (χ0) is 23.2. The predicted octanol–water partition coefficient (Wildman–Crippen LogP) is 4.38. The lowest BCUT2D eigenvalue weighted by atomic mass is 10.2. The summed E-state index contributed by atoms with van der Waals surface area (Å²) < 4.78 is 13.1. The summed E-state index contributed by atoms with van der Waals surface area (Å²) in [6.45, 7) is 3.97. The fourth-order valence-corrected chi connectivity index (χ4v) is 3.38. The zero-order valence-corrected chi connectivity index (χ0v) is 18.5. The molecule has 0 spiro atoms. The van der Waals surface area contributed by atoms with Crippen molar-refractivity contribution < 1.29 is 14.3 Å². The van der Waals surface area contributed by atoms with Crippen molar-refractivity contribution in [2.45, 2.75) is 33.0 Å². The summed E-state index contributed by atoms with van der Waals surface area (Å²) in [5, 5.41) is 2.87. The zero-order valence-electron chi connectivity index (χ0n) is 18.5. The van der Waals surface area contributed by atoms with Crippen molar-refractivity contribution >= 4 is 17.2 Å². The number of aromatic nitrogens is 2. The molecule has 7 heteroatoms. The summed E-state index contributed by atoms with van der Waals surface area (Å²) in [6, 6.07) is 21.5. The second kappa shape index (κ2) is 9.99. The molecule has 0 fully saturated rings. The van der Waals surface area contributed by atoms with Crippen LogP contribution in [0.1, 0.15) is 24.6 Å². The molecule has 2 aromatic carbocycles. The molecule has 1 atom stereocenters. The highest BCUT2D eigenvalue weighted by atomic mass is 16.5. The number of benzene rings is 2. The SMILES string of the molecule is CC[C@@H](Oc1ccccc1)C(=O)Nc1ccc(OCc2cc(=O)n3cccc(C)c3n2)cc1. The number of carbonyl (C=O) groups is 1. The third-order valence-corrected chi connectivity index (χ3v) is 5.13. The van der Waals surface area contributed by atoms with E-state index in [1.165, 1.54) is 10.5 Å². The number of nitrogens with zero attached hydrogens (tertiary/aromatic N) is 2. The Bertz CT molecular complexity index is 1300. The second-order valence-corrected chi connectivity index (χ2v) is 7.60. The van der Waals surface area contributed by atoms with Crippen LogP contribution in [0.3, 0.4) is 0 Å². The normalized spacial score (nSPS) is 11.7. The van der Waals surface area contributed by atoms with E-state index in [-0.39, 0.29) is 18.1 Å². The standard InChI is InChI=1S/C26H25N3O4/c1-3-23(33-22-9-5-4-6-10-22)26(31)28-19-11-13-21(14-12-19)32-17-20-16-24(30)29-15-7-8-18(2)25(29)27-20/h4-16,23H,3,17H2,1-2H3,(H,28,31)/t23-/m1/s1. The molecule has 4 aromatic rings. The summed E-state index contributed by atoms with van der Waals surface area (Å²) in [4.78, 5) is 29.5. The number of ether oxygens (including phenoxy) is 2. The van der Waals surface area contributed by atoms with E-state index in [4.69, 9.17) is 9.47 Å². The van der Waals surface area contributed by atoms with Crippen LogP contribution in [-0.4, -0.2) is 21.4 Å². The van der Waals surface area contributed by atoms with E-state index < -0.39 is 6.10 Å². The minimum atomic E-state index is -0.593. The maximum absolute atomic E-state index is 12.6. The molecule has 0 aliphatic heterocycles. The van der Waals surface area contributed by atoms with Crippen LogP contribution >= 0.6 is 0 Å². The van der Waals surface area contributed by atoms with Gasteiger partial charge in [0, 0.05) is 18.0 Å². The molecule has 0 aliphatic rings. The van der Waals surface area contributed by atoms with E-state index in [1.807, 2.05) is 56.3 Å². The van der Waals surface area contributed by atoms with E-state index in [0.29, 0.717) is 34.9 Å². The van der Waals surface area contributed by atoms with Crippen LogP contribution in [-0.2, 0) is 11.4 Å². The molecule has 0 unspecified atom stereocenters. The first-order valence-electron chi connectivity index (χ1n) is 10.8. The van der Waals surface area contributed by atoms with Crippen molar-refractivity contribution in [3.8, 4) is 11.5 Å². The van der Waals surface area contributed by atoms with E-state index >= 15 is 0 Å². The first-order valence-corrected chi connectivity index (χ1v) is 10.8. The number of rotatable bonds is 8. The van der Waals surface area contributed by atoms with Crippen molar-refractivity contribution in [1.29, 1.82) is 0 Å². The van der Waals surface area contributed by atoms with Crippen LogP contribution in [0.2, 0.25) is 0 Å². The van der Waals surface area contributed by atoms with Gasteiger partial charge in [0.25, 0.3) is 11.5 Å². The molecule has 7 nitrogen and oxygen atoms in total. The molecular weight excluding hydrogens is 418 g/mol. The molecule has 2 aromatic heterocycles. The molecule has 0 saturated carbocycles. The van der Waals surface area contributed by atoms with Gasteiger partial charge in [0.1, 0.15) is 23.8 Å². The highest BCUT2D eigenvalue weighted by Gasteiger charge is 2.18. The lowest BCUT2D eigenvalue weighted by Gasteiger charge is -2.17. The number of anilines is 1. The summed E-state index contributed by atoms with van der Waals surface area (Å²) in [6.07, 6.45) is 1.65. The van der Waals surface area contributed by atoms with Crippen LogP contribution in [0.15, 0.2) is 83.8 Å². The van der Waals surface area contributed by atoms with Crippen molar-refractivity contribution in [3.63, 3.8) is 0 Å². The Morgan fingerprint density at radius 3 is 2.52 bits per heavy atom.